The second kappa shape index (κ2) is 3.79. The minimum Gasteiger partial charge on any atom is -0.0838 e. The highest BCUT2D eigenvalue weighted by Gasteiger charge is 2.29. The van der Waals surface area contributed by atoms with Gasteiger partial charge in [-0.15, -0.1) is 0 Å². The van der Waals surface area contributed by atoms with Crippen molar-refractivity contribution in [2.75, 3.05) is 0 Å². The normalized spacial score (nSPS) is 21.5. The van der Waals surface area contributed by atoms with E-state index in [0.29, 0.717) is 5.41 Å². The molecule has 0 aliphatic heterocycles. The molecule has 0 atom stereocenters. The summed E-state index contributed by atoms with van der Waals surface area (Å²) in [6.07, 6.45) is 4.70. The van der Waals surface area contributed by atoms with Gasteiger partial charge in [0.05, 0.1) is 0 Å². The molecule has 0 nitrogen and oxygen atoms in total. The average molecular weight is 265 g/mol. The van der Waals surface area contributed by atoms with Crippen LogP contribution in [0, 0.1) is 0 Å². The fraction of sp³-hybridized carbons (Fsp3) is 0.429. The number of benzene rings is 1. The predicted molar refractivity (Wildman–Crippen MR) is 70.1 cm³/mol. The quantitative estimate of drug-likeness (QED) is 0.624. The Morgan fingerprint density at radius 2 is 2.07 bits per heavy atom. The summed E-state index contributed by atoms with van der Waals surface area (Å²) in [6, 6.07) is 6.67. The van der Waals surface area contributed by atoms with E-state index < -0.39 is 0 Å². The molecule has 0 bridgehead atoms. The molecule has 15 heavy (non-hydrogen) atoms. The molecule has 0 fully saturated rings. The summed E-state index contributed by atoms with van der Waals surface area (Å²) in [6.45, 7) is 6.82. The zero-order valence-corrected chi connectivity index (χ0v) is 11.2. The molecular formula is C14H17Br. The molecule has 1 aromatic carbocycles. The third-order valence-electron chi connectivity index (χ3n) is 3.42. The van der Waals surface area contributed by atoms with Crippen molar-refractivity contribution in [1.29, 1.82) is 0 Å². The van der Waals surface area contributed by atoms with Crippen molar-refractivity contribution >= 4 is 21.5 Å². The van der Waals surface area contributed by atoms with E-state index in [4.69, 9.17) is 0 Å². The number of fused-ring (bicyclic) bond motifs is 1. The Labute approximate surface area is 101 Å². The first-order valence-electron chi connectivity index (χ1n) is 5.50. The summed E-state index contributed by atoms with van der Waals surface area (Å²) in [5, 5.41) is 0. The molecule has 0 spiro atoms. The van der Waals surface area contributed by atoms with Gasteiger partial charge < -0.3 is 0 Å². The van der Waals surface area contributed by atoms with E-state index in [1.807, 2.05) is 0 Å². The van der Waals surface area contributed by atoms with Gasteiger partial charge in [0.25, 0.3) is 0 Å². The van der Waals surface area contributed by atoms with Crippen LogP contribution in [0.3, 0.4) is 0 Å². The summed E-state index contributed by atoms with van der Waals surface area (Å²) in [5.74, 6) is 0. The molecule has 1 aliphatic carbocycles. The number of halogens is 1. The third-order valence-corrected chi connectivity index (χ3v) is 3.92. The van der Waals surface area contributed by atoms with Crippen LogP contribution in [0.2, 0.25) is 0 Å². The van der Waals surface area contributed by atoms with E-state index in [1.165, 1.54) is 34.0 Å². The van der Waals surface area contributed by atoms with Crippen LogP contribution in [0.1, 0.15) is 44.7 Å². The van der Waals surface area contributed by atoms with Crippen LogP contribution in [-0.4, -0.2) is 0 Å². The van der Waals surface area contributed by atoms with Crippen molar-refractivity contribution in [3.05, 3.63) is 39.9 Å². The molecule has 0 saturated heterocycles. The summed E-state index contributed by atoms with van der Waals surface area (Å²) in [5.41, 5.74) is 4.74. The van der Waals surface area contributed by atoms with Crippen molar-refractivity contribution in [2.45, 2.75) is 39.0 Å². The highest BCUT2D eigenvalue weighted by Crippen LogP contribution is 2.42. The molecule has 0 saturated carbocycles. The van der Waals surface area contributed by atoms with Crippen molar-refractivity contribution < 1.29 is 0 Å². The smallest absolute Gasteiger partial charge is 0.0181 e. The third kappa shape index (κ3) is 1.90. The zero-order chi connectivity index (χ0) is 11.1. The fourth-order valence-corrected chi connectivity index (χ4v) is 2.75. The first-order valence-corrected chi connectivity index (χ1v) is 6.29. The van der Waals surface area contributed by atoms with Crippen LogP contribution >= 0.6 is 15.9 Å². The highest BCUT2D eigenvalue weighted by molar-refractivity contribution is 9.10. The van der Waals surface area contributed by atoms with Crippen LogP contribution in [0.5, 0.6) is 0 Å². The van der Waals surface area contributed by atoms with E-state index in [-0.39, 0.29) is 0 Å². The van der Waals surface area contributed by atoms with E-state index in [0.717, 1.165) is 0 Å². The molecule has 0 amide bonds. The second-order valence-electron chi connectivity index (χ2n) is 4.89. The lowest BCUT2D eigenvalue weighted by Gasteiger charge is -2.34. The van der Waals surface area contributed by atoms with Gasteiger partial charge in [-0.05, 0) is 54.0 Å². The number of allylic oxidation sites excluding steroid dienone is 2. The largest absolute Gasteiger partial charge is 0.0838 e. The van der Waals surface area contributed by atoms with E-state index in [9.17, 15) is 0 Å². The zero-order valence-electron chi connectivity index (χ0n) is 9.60. The molecule has 1 aromatic rings. The Hall–Kier alpha value is -0.560. The molecular weight excluding hydrogens is 248 g/mol. The Bertz CT molecular complexity index is 413. The Morgan fingerprint density at radius 3 is 2.73 bits per heavy atom. The van der Waals surface area contributed by atoms with Crippen molar-refractivity contribution in [2.24, 2.45) is 0 Å². The van der Waals surface area contributed by atoms with Crippen molar-refractivity contribution in [3.63, 3.8) is 0 Å². The number of hydrogen-bond donors (Lipinski definition) is 0. The molecule has 80 valence electrons. The Kier molecular flexibility index (Phi) is 2.76. The van der Waals surface area contributed by atoms with Crippen LogP contribution in [0.25, 0.3) is 5.57 Å². The molecule has 2 rings (SSSR count). The molecule has 0 unspecified atom stereocenters. The molecule has 0 N–H and O–H groups in total. The Balaban J connectivity index is 2.64. The molecule has 1 heteroatoms. The standard InChI is InChI=1S/C14H17Br/c1-4-10-7-8-14(2,3)13-6-5-11(15)9-12(10)13/h4-6,9H,7-8H2,1-3H3/b10-4-. The molecule has 0 aromatic heterocycles. The molecule has 0 radical (unpaired) electrons. The summed E-state index contributed by atoms with van der Waals surface area (Å²) < 4.78 is 1.18. The maximum atomic E-state index is 3.56. The van der Waals surface area contributed by atoms with Crippen LogP contribution in [0.15, 0.2) is 28.7 Å². The monoisotopic (exact) mass is 264 g/mol. The van der Waals surface area contributed by atoms with Gasteiger partial charge in [0.15, 0.2) is 0 Å². The van der Waals surface area contributed by atoms with Gasteiger partial charge in [0.1, 0.15) is 0 Å². The lowest BCUT2D eigenvalue weighted by molar-refractivity contribution is 0.474. The van der Waals surface area contributed by atoms with E-state index in [2.05, 4.69) is 61.0 Å². The van der Waals surface area contributed by atoms with Crippen LogP contribution in [-0.2, 0) is 5.41 Å². The topological polar surface area (TPSA) is 0 Å². The number of rotatable bonds is 0. The predicted octanol–water partition coefficient (Wildman–Crippen LogP) is 4.92. The lowest BCUT2D eigenvalue weighted by Crippen LogP contribution is -2.23. The highest BCUT2D eigenvalue weighted by atomic mass is 79.9. The van der Waals surface area contributed by atoms with Gasteiger partial charge in [-0.3, -0.25) is 0 Å². The van der Waals surface area contributed by atoms with Crippen molar-refractivity contribution in [3.8, 4) is 0 Å². The Morgan fingerprint density at radius 1 is 1.33 bits per heavy atom. The minimum absolute atomic E-state index is 0.322. The maximum absolute atomic E-state index is 3.56. The van der Waals surface area contributed by atoms with Gasteiger partial charge >= 0.3 is 0 Å². The molecule has 1 aliphatic rings. The van der Waals surface area contributed by atoms with Gasteiger partial charge in [-0.25, -0.2) is 0 Å². The summed E-state index contributed by atoms with van der Waals surface area (Å²) in [4.78, 5) is 0. The maximum Gasteiger partial charge on any atom is 0.0181 e. The first kappa shape index (κ1) is 10.9. The first-order chi connectivity index (χ1) is 7.04. The summed E-state index contributed by atoms with van der Waals surface area (Å²) >= 11 is 3.56. The van der Waals surface area contributed by atoms with Crippen LogP contribution < -0.4 is 0 Å². The second-order valence-corrected chi connectivity index (χ2v) is 5.80. The molecule has 0 heterocycles. The summed E-state index contributed by atoms with van der Waals surface area (Å²) in [7, 11) is 0. The van der Waals surface area contributed by atoms with Gasteiger partial charge in [-0.2, -0.15) is 0 Å². The van der Waals surface area contributed by atoms with Crippen LogP contribution in [0.4, 0.5) is 0 Å². The van der Waals surface area contributed by atoms with Gasteiger partial charge in [0, 0.05) is 4.47 Å². The van der Waals surface area contributed by atoms with Gasteiger partial charge in [0.2, 0.25) is 0 Å². The van der Waals surface area contributed by atoms with E-state index >= 15 is 0 Å². The van der Waals surface area contributed by atoms with Gasteiger partial charge in [-0.1, -0.05) is 41.9 Å². The fourth-order valence-electron chi connectivity index (χ4n) is 2.39. The lowest BCUT2D eigenvalue weighted by atomic mass is 9.71. The van der Waals surface area contributed by atoms with E-state index in [1.54, 1.807) is 0 Å². The SMILES string of the molecule is C/C=C1/CCC(C)(C)c2ccc(Br)cc21. The number of hydrogen-bond acceptors (Lipinski definition) is 0. The minimum atomic E-state index is 0.322. The average Bonchev–Trinajstić information content (AvgIpc) is 2.17. The van der Waals surface area contributed by atoms with Crippen molar-refractivity contribution in [1.82, 2.24) is 0 Å².